The molecule has 2 rings (SSSR count). The molecule has 0 aromatic heterocycles. The van der Waals surface area contributed by atoms with Crippen molar-refractivity contribution in [3.05, 3.63) is 23.8 Å². The summed E-state index contributed by atoms with van der Waals surface area (Å²) in [5, 5.41) is 0. The largest absolute Gasteiger partial charge is 0.493 e. The zero-order valence-electron chi connectivity index (χ0n) is 12.5. The van der Waals surface area contributed by atoms with Crippen LogP contribution < -0.4 is 9.47 Å². The van der Waals surface area contributed by atoms with Crippen molar-refractivity contribution in [1.29, 1.82) is 0 Å². The van der Waals surface area contributed by atoms with E-state index in [4.69, 9.17) is 14.2 Å². The molecule has 1 aliphatic rings. The van der Waals surface area contributed by atoms with E-state index in [-0.39, 0.29) is 12.2 Å². The molecule has 0 bridgehead atoms. The van der Waals surface area contributed by atoms with E-state index in [0.717, 1.165) is 29.5 Å². The van der Waals surface area contributed by atoms with Crippen molar-refractivity contribution < 1.29 is 14.2 Å². The smallest absolute Gasteiger partial charge is 0.167 e. The predicted molar refractivity (Wildman–Crippen MR) is 79.9 cm³/mol. The third-order valence-electron chi connectivity index (χ3n) is 3.46. The topological polar surface area (TPSA) is 27.7 Å². The van der Waals surface area contributed by atoms with Crippen LogP contribution in [0.1, 0.15) is 18.1 Å². The van der Waals surface area contributed by atoms with Crippen LogP contribution in [0.4, 0.5) is 0 Å². The Balaban J connectivity index is 2.30. The summed E-state index contributed by atoms with van der Waals surface area (Å²) in [6.45, 7) is 7.11. The predicted octanol–water partition coefficient (Wildman–Crippen LogP) is 3.87. The van der Waals surface area contributed by atoms with Gasteiger partial charge >= 0.3 is 0 Å². The van der Waals surface area contributed by atoms with E-state index in [1.54, 1.807) is 14.2 Å². The minimum atomic E-state index is -1.16. The summed E-state index contributed by atoms with van der Waals surface area (Å²) in [6.07, 6.45) is 1.28. The van der Waals surface area contributed by atoms with Gasteiger partial charge in [0.05, 0.1) is 19.3 Å². The number of benzene rings is 1. The Morgan fingerprint density at radius 2 is 2.00 bits per heavy atom. The van der Waals surface area contributed by atoms with Crippen LogP contribution in [-0.4, -0.2) is 28.4 Å². The normalized spacial score (nSPS) is 22.6. The van der Waals surface area contributed by atoms with Crippen LogP contribution in [0.3, 0.4) is 0 Å². The molecule has 4 heteroatoms. The fourth-order valence-corrected chi connectivity index (χ4v) is 4.30. The van der Waals surface area contributed by atoms with Gasteiger partial charge in [-0.3, -0.25) is 0 Å². The molecule has 0 unspecified atom stereocenters. The van der Waals surface area contributed by atoms with Crippen molar-refractivity contribution in [3.63, 3.8) is 0 Å². The molecule has 1 aromatic carbocycles. The van der Waals surface area contributed by atoms with Gasteiger partial charge in [-0.25, -0.2) is 0 Å². The van der Waals surface area contributed by atoms with Crippen molar-refractivity contribution in [2.75, 3.05) is 14.2 Å². The molecule has 0 aliphatic carbocycles. The average molecular weight is 280 g/mol. The van der Waals surface area contributed by atoms with E-state index in [0.29, 0.717) is 0 Å². The number of fused-ring (bicyclic) bond motifs is 1. The maximum Gasteiger partial charge on any atom is 0.167 e. The van der Waals surface area contributed by atoms with Crippen LogP contribution in [0.5, 0.6) is 11.5 Å². The number of ether oxygens (including phenoxy) is 3. The molecule has 0 fully saturated rings. The van der Waals surface area contributed by atoms with Gasteiger partial charge in [0.15, 0.2) is 11.5 Å². The molecule has 0 N–H and O–H groups in total. The second-order valence-electron chi connectivity index (χ2n) is 6.34. The number of para-hydroxylation sites is 1. The first-order chi connectivity index (χ1) is 8.94. The lowest BCUT2D eigenvalue weighted by atomic mass is 9.99. The van der Waals surface area contributed by atoms with Gasteiger partial charge in [0.2, 0.25) is 0 Å². The monoisotopic (exact) mass is 280 g/mol. The molecule has 2 atom stereocenters. The third-order valence-corrected chi connectivity index (χ3v) is 5.14. The first-order valence-corrected chi connectivity index (χ1v) is 10.5. The van der Waals surface area contributed by atoms with Gasteiger partial charge in [-0.1, -0.05) is 31.8 Å². The molecule has 1 heterocycles. The van der Waals surface area contributed by atoms with Crippen LogP contribution in [0.15, 0.2) is 18.2 Å². The van der Waals surface area contributed by atoms with E-state index in [1.807, 2.05) is 12.1 Å². The maximum absolute atomic E-state index is 6.19. The van der Waals surface area contributed by atoms with Crippen molar-refractivity contribution >= 4 is 8.07 Å². The minimum Gasteiger partial charge on any atom is -0.493 e. The number of rotatable bonds is 4. The number of hydrogen-bond donors (Lipinski definition) is 0. The summed E-state index contributed by atoms with van der Waals surface area (Å²) >= 11 is 0. The third kappa shape index (κ3) is 3.31. The van der Waals surface area contributed by atoms with Gasteiger partial charge in [0.1, 0.15) is 0 Å². The van der Waals surface area contributed by atoms with Crippen molar-refractivity contribution in [3.8, 4) is 11.5 Å². The van der Waals surface area contributed by atoms with Gasteiger partial charge in [-0.15, -0.1) is 0 Å². The lowest BCUT2D eigenvalue weighted by Crippen LogP contribution is -2.34. The molecule has 0 radical (unpaired) electrons. The molecule has 106 valence electrons. The van der Waals surface area contributed by atoms with Gasteiger partial charge in [0, 0.05) is 27.2 Å². The van der Waals surface area contributed by atoms with Crippen molar-refractivity contribution in [2.45, 2.75) is 44.3 Å². The number of hydrogen-bond acceptors (Lipinski definition) is 3. The highest BCUT2D eigenvalue weighted by atomic mass is 28.3. The molecule has 19 heavy (non-hydrogen) atoms. The van der Waals surface area contributed by atoms with E-state index < -0.39 is 8.07 Å². The summed E-state index contributed by atoms with van der Waals surface area (Å²) in [5.74, 6) is 1.67. The van der Waals surface area contributed by atoms with Crippen LogP contribution in [-0.2, 0) is 4.74 Å². The van der Waals surface area contributed by atoms with Crippen molar-refractivity contribution in [1.82, 2.24) is 0 Å². The van der Waals surface area contributed by atoms with Crippen LogP contribution >= 0.6 is 0 Å². The Morgan fingerprint density at radius 1 is 1.26 bits per heavy atom. The summed E-state index contributed by atoms with van der Waals surface area (Å²) < 4.78 is 17.2. The zero-order valence-corrected chi connectivity index (χ0v) is 13.5. The molecule has 0 saturated carbocycles. The second kappa shape index (κ2) is 5.55. The van der Waals surface area contributed by atoms with Crippen molar-refractivity contribution in [2.24, 2.45) is 0 Å². The molecule has 0 spiro atoms. The van der Waals surface area contributed by atoms with E-state index in [9.17, 15) is 0 Å². The van der Waals surface area contributed by atoms with Crippen LogP contribution in [0, 0.1) is 0 Å². The first kappa shape index (κ1) is 14.4. The fourth-order valence-electron chi connectivity index (χ4n) is 2.68. The highest BCUT2D eigenvalue weighted by molar-refractivity contribution is 6.76. The molecule has 3 nitrogen and oxygen atoms in total. The molecule has 0 amide bonds. The second-order valence-corrected chi connectivity index (χ2v) is 11.9. The Hall–Kier alpha value is -1.00. The van der Waals surface area contributed by atoms with E-state index in [2.05, 4.69) is 25.7 Å². The van der Waals surface area contributed by atoms with Crippen LogP contribution in [0.25, 0.3) is 0 Å². The Morgan fingerprint density at radius 3 is 2.58 bits per heavy atom. The fraction of sp³-hybridized carbons (Fsp3) is 0.600. The minimum absolute atomic E-state index is 0.111. The van der Waals surface area contributed by atoms with E-state index >= 15 is 0 Å². The van der Waals surface area contributed by atoms with Gasteiger partial charge < -0.3 is 14.2 Å². The molecule has 0 saturated heterocycles. The summed E-state index contributed by atoms with van der Waals surface area (Å²) in [4.78, 5) is 0. The quantitative estimate of drug-likeness (QED) is 0.784. The summed E-state index contributed by atoms with van der Waals surface area (Å²) in [7, 11) is 2.29. The maximum atomic E-state index is 6.19. The van der Waals surface area contributed by atoms with Gasteiger partial charge in [0.25, 0.3) is 0 Å². The Labute approximate surface area is 116 Å². The Bertz CT molecular complexity index is 440. The lowest BCUT2D eigenvalue weighted by molar-refractivity contribution is 0.0348. The standard InChI is InChI=1S/C15H24O3Si/c1-16-13-8-6-7-12-14(17-2)9-11(18-15(12)13)10-19(3,4)5/h6-8,11,14H,9-10H2,1-5H3/t11-,14-/m0/s1. The molecular weight excluding hydrogens is 256 g/mol. The molecule has 1 aliphatic heterocycles. The molecular formula is C15H24O3Si. The summed E-state index contributed by atoms with van der Waals surface area (Å²) in [5.41, 5.74) is 1.11. The number of methoxy groups -OCH3 is 2. The lowest BCUT2D eigenvalue weighted by Gasteiger charge is -2.34. The first-order valence-electron chi connectivity index (χ1n) is 6.81. The van der Waals surface area contributed by atoms with Gasteiger partial charge in [-0.2, -0.15) is 0 Å². The SMILES string of the molecule is COc1cccc2c1O[C@H](C[Si](C)(C)C)C[C@@H]2OC. The highest BCUT2D eigenvalue weighted by Gasteiger charge is 2.33. The molecule has 1 aromatic rings. The van der Waals surface area contributed by atoms with Crippen LogP contribution in [0.2, 0.25) is 25.7 Å². The van der Waals surface area contributed by atoms with Gasteiger partial charge in [-0.05, 0) is 12.1 Å². The summed E-state index contributed by atoms with van der Waals surface area (Å²) in [6, 6.07) is 7.15. The zero-order chi connectivity index (χ0) is 14.0. The highest BCUT2D eigenvalue weighted by Crippen LogP contribution is 2.43. The van der Waals surface area contributed by atoms with E-state index in [1.165, 1.54) is 0 Å². The average Bonchev–Trinajstić information content (AvgIpc) is 2.35. The Kier molecular flexibility index (Phi) is 4.21.